The molecule has 1 aromatic rings. The highest BCUT2D eigenvalue weighted by Gasteiger charge is 2.15. The van der Waals surface area contributed by atoms with Crippen LogP contribution in [0.3, 0.4) is 0 Å². The molecule has 0 unspecified atom stereocenters. The summed E-state index contributed by atoms with van der Waals surface area (Å²) in [6, 6.07) is 4.31. The first-order valence-corrected chi connectivity index (χ1v) is 7.90. The van der Waals surface area contributed by atoms with E-state index < -0.39 is 20.9 Å². The Balaban J connectivity index is 2.63. The SMILES string of the molecule is CC(C)S(=O)(=O)CCOc1cc(F)cc(CCN)c1. The lowest BCUT2D eigenvalue weighted by atomic mass is 10.1. The van der Waals surface area contributed by atoms with Gasteiger partial charge in [0.05, 0.1) is 11.0 Å². The van der Waals surface area contributed by atoms with Gasteiger partial charge in [-0.05, 0) is 44.5 Å². The van der Waals surface area contributed by atoms with E-state index in [4.69, 9.17) is 10.5 Å². The molecule has 0 fully saturated rings. The number of sulfone groups is 1. The van der Waals surface area contributed by atoms with E-state index in [9.17, 15) is 12.8 Å². The topological polar surface area (TPSA) is 69.4 Å². The number of hydrogen-bond donors (Lipinski definition) is 1. The van der Waals surface area contributed by atoms with Gasteiger partial charge in [0.15, 0.2) is 9.84 Å². The van der Waals surface area contributed by atoms with Crippen molar-refractivity contribution < 1.29 is 17.5 Å². The van der Waals surface area contributed by atoms with Gasteiger partial charge in [-0.1, -0.05) is 0 Å². The van der Waals surface area contributed by atoms with E-state index in [1.165, 1.54) is 12.1 Å². The quantitative estimate of drug-likeness (QED) is 0.826. The van der Waals surface area contributed by atoms with Crippen LogP contribution in [0, 0.1) is 5.82 Å². The molecule has 0 spiro atoms. The molecule has 19 heavy (non-hydrogen) atoms. The summed E-state index contributed by atoms with van der Waals surface area (Å²) < 4.78 is 41.8. The van der Waals surface area contributed by atoms with E-state index in [0.717, 1.165) is 5.56 Å². The molecule has 1 rings (SSSR count). The molecule has 0 atom stereocenters. The van der Waals surface area contributed by atoms with Gasteiger partial charge in [-0.3, -0.25) is 0 Å². The van der Waals surface area contributed by atoms with Gasteiger partial charge in [-0.2, -0.15) is 0 Å². The molecular weight excluding hydrogens is 269 g/mol. The minimum Gasteiger partial charge on any atom is -0.492 e. The third-order valence-corrected chi connectivity index (χ3v) is 4.89. The van der Waals surface area contributed by atoms with Crippen LogP contribution in [0.5, 0.6) is 5.75 Å². The van der Waals surface area contributed by atoms with Crippen molar-refractivity contribution in [3.05, 3.63) is 29.6 Å². The Labute approximate surface area is 113 Å². The van der Waals surface area contributed by atoms with E-state index in [1.807, 2.05) is 0 Å². The fourth-order valence-electron chi connectivity index (χ4n) is 1.53. The number of nitrogens with two attached hydrogens (primary N) is 1. The van der Waals surface area contributed by atoms with Crippen LogP contribution < -0.4 is 10.5 Å². The maximum Gasteiger partial charge on any atom is 0.155 e. The monoisotopic (exact) mass is 289 g/mol. The molecule has 0 saturated heterocycles. The molecule has 0 aliphatic carbocycles. The molecular formula is C13H20FNO3S. The number of benzene rings is 1. The van der Waals surface area contributed by atoms with Crippen LogP contribution in [0.2, 0.25) is 0 Å². The van der Waals surface area contributed by atoms with Crippen molar-refractivity contribution in [1.29, 1.82) is 0 Å². The molecule has 4 nitrogen and oxygen atoms in total. The molecule has 0 aromatic heterocycles. The van der Waals surface area contributed by atoms with E-state index in [0.29, 0.717) is 18.7 Å². The molecule has 0 amide bonds. The minimum absolute atomic E-state index is 0.0199. The Kier molecular flexibility index (Phi) is 5.75. The van der Waals surface area contributed by atoms with Gasteiger partial charge in [0.25, 0.3) is 0 Å². The van der Waals surface area contributed by atoms with Gasteiger partial charge in [0.1, 0.15) is 18.2 Å². The summed E-state index contributed by atoms with van der Waals surface area (Å²) in [7, 11) is -3.14. The second kappa shape index (κ2) is 6.86. The van der Waals surface area contributed by atoms with Gasteiger partial charge in [-0.15, -0.1) is 0 Å². The Morgan fingerprint density at radius 3 is 2.58 bits per heavy atom. The Morgan fingerprint density at radius 1 is 1.32 bits per heavy atom. The van der Waals surface area contributed by atoms with Crippen molar-refractivity contribution in [3.8, 4) is 5.75 Å². The lowest BCUT2D eigenvalue weighted by molar-refractivity contribution is 0.338. The summed E-state index contributed by atoms with van der Waals surface area (Å²) >= 11 is 0. The van der Waals surface area contributed by atoms with Gasteiger partial charge in [0.2, 0.25) is 0 Å². The average Bonchev–Trinajstić information content (AvgIpc) is 2.28. The minimum atomic E-state index is -3.14. The van der Waals surface area contributed by atoms with Gasteiger partial charge in [0, 0.05) is 6.07 Å². The van der Waals surface area contributed by atoms with Crippen molar-refractivity contribution in [2.45, 2.75) is 25.5 Å². The molecule has 108 valence electrons. The van der Waals surface area contributed by atoms with E-state index in [-0.39, 0.29) is 12.4 Å². The predicted octanol–water partition coefficient (Wildman–Crippen LogP) is 1.53. The summed E-state index contributed by atoms with van der Waals surface area (Å²) in [5, 5.41) is -0.434. The first-order chi connectivity index (χ1) is 8.85. The van der Waals surface area contributed by atoms with Crippen molar-refractivity contribution in [3.63, 3.8) is 0 Å². The first kappa shape index (κ1) is 15.9. The van der Waals surface area contributed by atoms with Crippen LogP contribution in [0.1, 0.15) is 19.4 Å². The second-order valence-electron chi connectivity index (χ2n) is 4.60. The van der Waals surface area contributed by atoms with Crippen molar-refractivity contribution in [2.24, 2.45) is 5.73 Å². The van der Waals surface area contributed by atoms with Gasteiger partial charge in [-0.25, -0.2) is 12.8 Å². The molecule has 6 heteroatoms. The van der Waals surface area contributed by atoms with Crippen LogP contribution in [0.15, 0.2) is 18.2 Å². The van der Waals surface area contributed by atoms with Crippen LogP contribution in [-0.4, -0.2) is 32.6 Å². The fourth-order valence-corrected chi connectivity index (χ4v) is 2.31. The highest BCUT2D eigenvalue weighted by molar-refractivity contribution is 7.91. The first-order valence-electron chi connectivity index (χ1n) is 6.19. The summed E-state index contributed by atoms with van der Waals surface area (Å²) in [6.07, 6.45) is 0.554. The zero-order chi connectivity index (χ0) is 14.5. The molecule has 0 bridgehead atoms. The smallest absolute Gasteiger partial charge is 0.155 e. The highest BCUT2D eigenvalue weighted by atomic mass is 32.2. The summed E-state index contributed by atoms with van der Waals surface area (Å²) in [4.78, 5) is 0. The van der Waals surface area contributed by atoms with Crippen LogP contribution in [0.4, 0.5) is 4.39 Å². The van der Waals surface area contributed by atoms with Crippen molar-refractivity contribution in [2.75, 3.05) is 18.9 Å². The maximum absolute atomic E-state index is 13.3. The Bertz CT molecular complexity index is 515. The second-order valence-corrected chi connectivity index (χ2v) is 7.27. The van der Waals surface area contributed by atoms with E-state index in [2.05, 4.69) is 0 Å². The van der Waals surface area contributed by atoms with Gasteiger partial charge >= 0.3 is 0 Å². The standard InChI is InChI=1S/C13H20FNO3S/c1-10(2)19(16,17)6-5-18-13-8-11(3-4-15)7-12(14)9-13/h7-10H,3-6,15H2,1-2H3. The third kappa shape index (κ3) is 5.16. The van der Waals surface area contributed by atoms with Crippen LogP contribution in [0.25, 0.3) is 0 Å². The summed E-state index contributed by atoms with van der Waals surface area (Å²) in [6.45, 7) is 3.68. The zero-order valence-corrected chi connectivity index (χ0v) is 12.0. The fraction of sp³-hybridized carbons (Fsp3) is 0.538. The Hall–Kier alpha value is -1.14. The predicted molar refractivity (Wildman–Crippen MR) is 73.6 cm³/mol. The third-order valence-electron chi connectivity index (χ3n) is 2.72. The molecule has 0 heterocycles. The number of hydrogen-bond acceptors (Lipinski definition) is 4. The van der Waals surface area contributed by atoms with Crippen molar-refractivity contribution in [1.82, 2.24) is 0 Å². The van der Waals surface area contributed by atoms with Crippen LogP contribution in [-0.2, 0) is 16.3 Å². The van der Waals surface area contributed by atoms with Crippen LogP contribution >= 0.6 is 0 Å². The van der Waals surface area contributed by atoms with Gasteiger partial charge < -0.3 is 10.5 Å². The number of ether oxygens (including phenoxy) is 1. The summed E-state index contributed by atoms with van der Waals surface area (Å²) in [5.41, 5.74) is 6.15. The maximum atomic E-state index is 13.3. The molecule has 1 aromatic carbocycles. The zero-order valence-electron chi connectivity index (χ0n) is 11.2. The molecule has 0 saturated carbocycles. The highest BCUT2D eigenvalue weighted by Crippen LogP contribution is 2.17. The molecule has 0 aliphatic heterocycles. The molecule has 0 aliphatic rings. The largest absolute Gasteiger partial charge is 0.492 e. The lowest BCUT2D eigenvalue weighted by Crippen LogP contribution is -2.22. The lowest BCUT2D eigenvalue weighted by Gasteiger charge is -2.10. The normalized spacial score (nSPS) is 11.8. The van der Waals surface area contributed by atoms with Crippen molar-refractivity contribution >= 4 is 9.84 Å². The summed E-state index contributed by atoms with van der Waals surface area (Å²) in [5.74, 6) is -0.150. The number of halogens is 1. The van der Waals surface area contributed by atoms with E-state index in [1.54, 1.807) is 19.9 Å². The molecule has 2 N–H and O–H groups in total. The molecule has 0 radical (unpaired) electrons. The van der Waals surface area contributed by atoms with E-state index >= 15 is 0 Å². The average molecular weight is 289 g/mol. The number of rotatable bonds is 7. The Morgan fingerprint density at radius 2 is 2.00 bits per heavy atom.